The molecule has 28 heavy (non-hydrogen) atoms. The monoisotopic (exact) mass is 377 g/mol. The second kappa shape index (κ2) is 7.87. The number of rotatable bonds is 3. The minimum Gasteiger partial charge on any atom is -0.206 e. The van der Waals surface area contributed by atoms with Crippen molar-refractivity contribution < 1.29 is 8.78 Å². The average Bonchev–Trinajstić information content (AvgIpc) is 2.74. The molecule has 0 amide bonds. The fourth-order valence-corrected chi connectivity index (χ4v) is 4.79. The van der Waals surface area contributed by atoms with Gasteiger partial charge < -0.3 is 0 Å². The summed E-state index contributed by atoms with van der Waals surface area (Å²) in [5.74, 6) is 0.674. The van der Waals surface area contributed by atoms with Crippen molar-refractivity contribution in [1.29, 1.82) is 5.26 Å². The van der Waals surface area contributed by atoms with Crippen LogP contribution in [-0.4, -0.2) is 0 Å². The van der Waals surface area contributed by atoms with E-state index < -0.39 is 5.82 Å². The third-order valence-corrected chi connectivity index (χ3v) is 6.63. The zero-order valence-electron chi connectivity index (χ0n) is 16.3. The Morgan fingerprint density at radius 3 is 2.54 bits per heavy atom. The highest BCUT2D eigenvalue weighted by Gasteiger charge is 2.23. The van der Waals surface area contributed by atoms with Gasteiger partial charge in [0, 0.05) is 5.56 Å². The fraction of sp³-hybridized carbons (Fsp3) is 0.400. The molecule has 1 nitrogen and oxygen atoms in total. The van der Waals surface area contributed by atoms with Gasteiger partial charge in [-0.1, -0.05) is 37.6 Å². The van der Waals surface area contributed by atoms with Crippen LogP contribution in [0.2, 0.25) is 0 Å². The van der Waals surface area contributed by atoms with E-state index in [9.17, 15) is 8.78 Å². The van der Waals surface area contributed by atoms with Crippen LogP contribution >= 0.6 is 0 Å². The van der Waals surface area contributed by atoms with E-state index in [4.69, 9.17) is 5.26 Å². The molecule has 3 heteroatoms. The summed E-state index contributed by atoms with van der Waals surface area (Å²) in [6.45, 7) is 2.25. The molecule has 0 saturated heterocycles. The van der Waals surface area contributed by atoms with Gasteiger partial charge in [0.2, 0.25) is 0 Å². The summed E-state index contributed by atoms with van der Waals surface area (Å²) in [5, 5.41) is 8.99. The van der Waals surface area contributed by atoms with Crippen LogP contribution in [0.3, 0.4) is 0 Å². The summed E-state index contributed by atoms with van der Waals surface area (Å²) < 4.78 is 29.3. The van der Waals surface area contributed by atoms with E-state index in [1.54, 1.807) is 12.1 Å². The number of fused-ring (bicyclic) bond motifs is 1. The van der Waals surface area contributed by atoms with Crippen LogP contribution in [0.1, 0.15) is 72.8 Å². The van der Waals surface area contributed by atoms with Gasteiger partial charge >= 0.3 is 0 Å². The Morgan fingerprint density at radius 2 is 1.86 bits per heavy atom. The second-order valence-electron chi connectivity index (χ2n) is 8.15. The van der Waals surface area contributed by atoms with Gasteiger partial charge in [0.25, 0.3) is 0 Å². The molecule has 144 valence electrons. The van der Waals surface area contributed by atoms with Crippen molar-refractivity contribution in [3.05, 3.63) is 75.9 Å². The lowest BCUT2D eigenvalue weighted by atomic mass is 9.77. The van der Waals surface area contributed by atoms with Crippen LogP contribution in [0.25, 0.3) is 5.57 Å². The van der Waals surface area contributed by atoms with E-state index in [1.807, 2.05) is 18.2 Å². The number of benzene rings is 2. The van der Waals surface area contributed by atoms with E-state index in [2.05, 4.69) is 13.0 Å². The third kappa shape index (κ3) is 3.49. The van der Waals surface area contributed by atoms with Crippen molar-refractivity contribution in [3.8, 4) is 6.07 Å². The van der Waals surface area contributed by atoms with E-state index in [0.29, 0.717) is 29.9 Å². The largest absolute Gasteiger partial charge is 0.206 e. The molecule has 0 unspecified atom stereocenters. The lowest BCUT2D eigenvalue weighted by molar-refractivity contribution is 0.318. The molecule has 2 aromatic rings. The summed E-state index contributed by atoms with van der Waals surface area (Å²) in [5.41, 5.74) is 4.10. The quantitative estimate of drug-likeness (QED) is 0.584. The summed E-state index contributed by atoms with van der Waals surface area (Å²) >= 11 is 0. The zero-order chi connectivity index (χ0) is 19.7. The predicted molar refractivity (Wildman–Crippen MR) is 108 cm³/mol. The molecule has 0 heterocycles. The molecule has 4 rings (SSSR count). The summed E-state index contributed by atoms with van der Waals surface area (Å²) in [6, 6.07) is 10.9. The molecular formula is C25H25F2N. The molecule has 0 bridgehead atoms. The molecule has 0 radical (unpaired) electrons. The molecule has 0 N–H and O–H groups in total. The molecule has 1 saturated carbocycles. The number of hydrogen-bond donors (Lipinski definition) is 0. The van der Waals surface area contributed by atoms with Gasteiger partial charge in [-0.2, -0.15) is 5.26 Å². The Hall–Kier alpha value is -2.47. The topological polar surface area (TPSA) is 23.8 Å². The zero-order valence-corrected chi connectivity index (χ0v) is 16.3. The number of hydrogen-bond acceptors (Lipinski definition) is 1. The van der Waals surface area contributed by atoms with Crippen LogP contribution in [0, 0.1) is 28.9 Å². The minimum absolute atomic E-state index is 0.0731. The predicted octanol–water partition coefficient (Wildman–Crippen LogP) is 6.70. The molecule has 2 aliphatic rings. The van der Waals surface area contributed by atoms with Crippen molar-refractivity contribution in [2.45, 2.75) is 57.8 Å². The number of allylic oxidation sites excluding steroid dienone is 2. The van der Waals surface area contributed by atoms with E-state index in [1.165, 1.54) is 25.3 Å². The highest BCUT2D eigenvalue weighted by Crippen LogP contribution is 2.38. The summed E-state index contributed by atoms with van der Waals surface area (Å²) in [4.78, 5) is 0. The molecule has 0 spiro atoms. The van der Waals surface area contributed by atoms with Gasteiger partial charge in [-0.15, -0.1) is 0 Å². The first-order chi connectivity index (χ1) is 13.6. The number of halogens is 2. The maximum atomic E-state index is 14.9. The molecule has 0 aromatic heterocycles. The van der Waals surface area contributed by atoms with Crippen LogP contribution in [0.5, 0.6) is 0 Å². The van der Waals surface area contributed by atoms with E-state index >= 15 is 0 Å². The lowest BCUT2D eigenvalue weighted by Crippen LogP contribution is -2.13. The Bertz CT molecular complexity index is 959. The lowest BCUT2D eigenvalue weighted by Gasteiger charge is -2.28. The maximum Gasteiger partial charge on any atom is 0.144 e. The standard InChI is InChI=1S/C25H25F2N/c1-2-16-3-5-17(6-4-16)18-9-11-22(24(26)14-18)19-10-12-23-20(13-19)7-8-21(15-28)25(23)27/h7-11,14,16-17H,2-6,12-13H2,1H3. The molecule has 0 atom stereocenters. The molecular weight excluding hydrogens is 352 g/mol. The van der Waals surface area contributed by atoms with Gasteiger partial charge in [0.15, 0.2) is 0 Å². The van der Waals surface area contributed by atoms with E-state index in [-0.39, 0.29) is 11.4 Å². The Morgan fingerprint density at radius 1 is 1.07 bits per heavy atom. The first-order valence-electron chi connectivity index (χ1n) is 10.3. The maximum absolute atomic E-state index is 14.9. The number of nitrogens with zero attached hydrogens (tertiary/aromatic N) is 1. The van der Waals surface area contributed by atoms with Gasteiger partial charge in [-0.05, 0) is 84.8 Å². The highest BCUT2D eigenvalue weighted by atomic mass is 19.1. The van der Waals surface area contributed by atoms with Crippen molar-refractivity contribution >= 4 is 5.57 Å². The normalized spacial score (nSPS) is 21.6. The number of nitriles is 1. The van der Waals surface area contributed by atoms with Crippen LogP contribution in [0.4, 0.5) is 8.78 Å². The van der Waals surface area contributed by atoms with Crippen LogP contribution in [0.15, 0.2) is 36.4 Å². The minimum atomic E-state index is -0.436. The summed E-state index contributed by atoms with van der Waals surface area (Å²) in [6.07, 6.45) is 8.81. The Balaban J connectivity index is 1.54. The SMILES string of the molecule is CCC1CCC(c2ccc(C3=CCc4c(ccc(C#N)c4F)C3)c(F)c2)CC1. The van der Waals surface area contributed by atoms with Crippen molar-refractivity contribution in [1.82, 2.24) is 0 Å². The summed E-state index contributed by atoms with van der Waals surface area (Å²) in [7, 11) is 0. The molecule has 2 aromatic carbocycles. The fourth-order valence-electron chi connectivity index (χ4n) is 4.79. The van der Waals surface area contributed by atoms with E-state index in [0.717, 1.165) is 35.5 Å². The highest BCUT2D eigenvalue weighted by molar-refractivity contribution is 5.71. The first kappa shape index (κ1) is 18.9. The smallest absolute Gasteiger partial charge is 0.144 e. The van der Waals surface area contributed by atoms with Gasteiger partial charge in [0.05, 0.1) is 5.56 Å². The van der Waals surface area contributed by atoms with Gasteiger partial charge in [-0.25, -0.2) is 8.78 Å². The van der Waals surface area contributed by atoms with Crippen LogP contribution in [-0.2, 0) is 12.8 Å². The van der Waals surface area contributed by atoms with Gasteiger partial charge in [-0.3, -0.25) is 0 Å². The first-order valence-corrected chi connectivity index (χ1v) is 10.3. The van der Waals surface area contributed by atoms with Crippen LogP contribution < -0.4 is 0 Å². The third-order valence-electron chi connectivity index (χ3n) is 6.63. The van der Waals surface area contributed by atoms with Crippen molar-refractivity contribution in [2.24, 2.45) is 5.92 Å². The molecule has 1 fully saturated rings. The molecule has 2 aliphatic carbocycles. The second-order valence-corrected chi connectivity index (χ2v) is 8.15. The van der Waals surface area contributed by atoms with Crippen molar-refractivity contribution in [3.63, 3.8) is 0 Å². The molecule has 0 aliphatic heterocycles. The Labute approximate surface area is 165 Å². The van der Waals surface area contributed by atoms with Gasteiger partial charge in [0.1, 0.15) is 17.7 Å². The van der Waals surface area contributed by atoms with Crippen molar-refractivity contribution in [2.75, 3.05) is 0 Å². The Kier molecular flexibility index (Phi) is 5.31. The average molecular weight is 377 g/mol.